The average Bonchev–Trinajstić information content (AvgIpc) is 2.97. The summed E-state index contributed by atoms with van der Waals surface area (Å²) in [4.78, 5) is 24.8. The zero-order valence-corrected chi connectivity index (χ0v) is 14.9. The Morgan fingerprint density at radius 2 is 2.08 bits per heavy atom. The van der Waals surface area contributed by atoms with Crippen LogP contribution in [0.5, 0.6) is 11.5 Å². The molecule has 1 saturated heterocycles. The summed E-state index contributed by atoms with van der Waals surface area (Å²) in [5.74, 6) is -1.37. The summed E-state index contributed by atoms with van der Waals surface area (Å²) in [5.41, 5.74) is -2.21. The molecule has 1 aromatic carbocycles. The van der Waals surface area contributed by atoms with Crippen molar-refractivity contribution >= 4 is 23.5 Å². The van der Waals surface area contributed by atoms with Gasteiger partial charge in [0.25, 0.3) is 5.91 Å². The van der Waals surface area contributed by atoms with Crippen molar-refractivity contribution in [2.24, 2.45) is 0 Å². The second-order valence-electron chi connectivity index (χ2n) is 5.81. The monoisotopic (exact) mass is 373 g/mol. The maximum atomic E-state index is 14.2. The first-order valence-corrected chi connectivity index (χ1v) is 8.51. The van der Waals surface area contributed by atoms with Crippen LogP contribution in [0, 0.1) is 0 Å². The summed E-state index contributed by atoms with van der Waals surface area (Å²) in [6.07, 6.45) is 0.544. The molecule has 8 heteroatoms. The van der Waals surface area contributed by atoms with E-state index >= 15 is 0 Å². The predicted molar refractivity (Wildman–Crippen MR) is 90.4 cm³/mol. The third-order valence-electron chi connectivity index (χ3n) is 3.90. The van der Waals surface area contributed by atoms with E-state index in [2.05, 4.69) is 0 Å². The van der Waals surface area contributed by atoms with Crippen LogP contribution >= 0.6 is 11.6 Å². The van der Waals surface area contributed by atoms with Crippen molar-refractivity contribution in [2.75, 3.05) is 26.3 Å². The fourth-order valence-corrected chi connectivity index (χ4v) is 2.87. The summed E-state index contributed by atoms with van der Waals surface area (Å²) in [7, 11) is 0. The second kappa shape index (κ2) is 7.91. The van der Waals surface area contributed by atoms with Gasteiger partial charge in [-0.3, -0.25) is 4.79 Å². The molecule has 1 unspecified atom stereocenters. The van der Waals surface area contributed by atoms with Crippen molar-refractivity contribution in [3.63, 3.8) is 0 Å². The second-order valence-corrected chi connectivity index (χ2v) is 6.22. The Morgan fingerprint density at radius 3 is 2.64 bits per heavy atom. The number of halogens is 2. The first-order valence-electron chi connectivity index (χ1n) is 8.13. The molecular weight excluding hydrogens is 353 g/mol. The average molecular weight is 374 g/mol. The van der Waals surface area contributed by atoms with Gasteiger partial charge in [0.2, 0.25) is 5.67 Å². The van der Waals surface area contributed by atoms with Crippen LogP contribution in [0.1, 0.15) is 37.0 Å². The van der Waals surface area contributed by atoms with Gasteiger partial charge in [-0.25, -0.2) is 9.18 Å². The lowest BCUT2D eigenvalue weighted by molar-refractivity contribution is -0.149. The van der Waals surface area contributed by atoms with Crippen LogP contribution in [0.4, 0.5) is 4.39 Å². The van der Waals surface area contributed by atoms with Crippen molar-refractivity contribution in [3.8, 4) is 11.5 Å². The van der Waals surface area contributed by atoms with E-state index in [0.717, 1.165) is 6.42 Å². The van der Waals surface area contributed by atoms with Gasteiger partial charge >= 0.3 is 5.97 Å². The first kappa shape index (κ1) is 19.3. The molecule has 0 spiro atoms. The maximum Gasteiger partial charge on any atom is 0.343 e. The minimum absolute atomic E-state index is 0.0251. The summed E-state index contributed by atoms with van der Waals surface area (Å²) in [6, 6.07) is 2.91. The van der Waals surface area contributed by atoms with E-state index in [0.29, 0.717) is 24.7 Å². The van der Waals surface area contributed by atoms with Crippen LogP contribution in [0.2, 0.25) is 5.02 Å². The highest BCUT2D eigenvalue weighted by molar-refractivity contribution is 6.32. The molecule has 1 aliphatic heterocycles. The molecule has 1 heterocycles. The fraction of sp³-hybridized carbons (Fsp3) is 0.529. The summed E-state index contributed by atoms with van der Waals surface area (Å²) >= 11 is 6.22. The third-order valence-corrected chi connectivity index (χ3v) is 4.18. The van der Waals surface area contributed by atoms with E-state index in [1.807, 2.05) is 6.92 Å². The molecule has 1 fully saturated rings. The lowest BCUT2D eigenvalue weighted by Gasteiger charge is -2.19. The van der Waals surface area contributed by atoms with Gasteiger partial charge in [-0.05, 0) is 25.5 Å². The Hall–Kier alpha value is -2.02. The van der Waals surface area contributed by atoms with Gasteiger partial charge in [-0.1, -0.05) is 18.5 Å². The summed E-state index contributed by atoms with van der Waals surface area (Å²) in [5, 5.41) is 9.16. The molecule has 25 heavy (non-hydrogen) atoms. The number of alkyl halides is 1. The van der Waals surface area contributed by atoms with Gasteiger partial charge in [0.1, 0.15) is 0 Å². The van der Waals surface area contributed by atoms with Crippen molar-refractivity contribution in [3.05, 3.63) is 22.7 Å². The number of carbonyl (C=O) groups excluding carboxylic acids is 1. The Balaban J connectivity index is 2.27. The lowest BCUT2D eigenvalue weighted by atomic mass is 10.1. The van der Waals surface area contributed by atoms with Crippen LogP contribution in [0.3, 0.4) is 0 Å². The molecule has 1 aromatic rings. The minimum Gasteiger partial charge on any atom is -0.490 e. The molecule has 6 nitrogen and oxygen atoms in total. The Kier molecular flexibility index (Phi) is 6.11. The summed E-state index contributed by atoms with van der Waals surface area (Å²) in [6.45, 7) is 4.07. The Bertz CT molecular complexity index is 669. The van der Waals surface area contributed by atoms with Gasteiger partial charge in [-0.2, -0.15) is 0 Å². The fourth-order valence-electron chi connectivity index (χ4n) is 2.60. The molecule has 2 rings (SSSR count). The normalized spacial score (nSPS) is 19.8. The predicted octanol–water partition coefficient (Wildman–Crippen LogP) is 3.17. The zero-order valence-electron chi connectivity index (χ0n) is 14.2. The van der Waals surface area contributed by atoms with Crippen LogP contribution < -0.4 is 9.47 Å². The van der Waals surface area contributed by atoms with E-state index in [-0.39, 0.29) is 23.6 Å². The molecule has 0 saturated carbocycles. The number of amides is 1. The van der Waals surface area contributed by atoms with Gasteiger partial charge in [-0.15, -0.1) is 0 Å². The zero-order chi connectivity index (χ0) is 18.6. The number of carboxylic acid groups (broad SMARTS) is 1. The number of carbonyl (C=O) groups is 2. The maximum absolute atomic E-state index is 14.2. The van der Waals surface area contributed by atoms with Crippen molar-refractivity contribution in [1.29, 1.82) is 0 Å². The van der Waals surface area contributed by atoms with Gasteiger partial charge in [0.15, 0.2) is 11.5 Å². The molecule has 0 aliphatic carbocycles. The van der Waals surface area contributed by atoms with Crippen LogP contribution in [-0.2, 0) is 4.79 Å². The number of rotatable bonds is 7. The number of aliphatic carboxylic acids is 1. The number of likely N-dealkylation sites (tertiary alicyclic amines) is 1. The first-order chi connectivity index (χ1) is 11.8. The van der Waals surface area contributed by atoms with E-state index in [4.69, 9.17) is 26.2 Å². The van der Waals surface area contributed by atoms with Gasteiger partial charge < -0.3 is 19.5 Å². The van der Waals surface area contributed by atoms with Crippen LogP contribution in [-0.4, -0.2) is 53.9 Å². The molecule has 0 radical (unpaired) electrons. The lowest BCUT2D eigenvalue weighted by Crippen LogP contribution is -2.38. The van der Waals surface area contributed by atoms with E-state index in [1.165, 1.54) is 17.0 Å². The molecule has 0 aromatic heterocycles. The highest BCUT2D eigenvalue weighted by atomic mass is 35.5. The molecule has 0 bridgehead atoms. The number of benzene rings is 1. The quantitative estimate of drug-likeness (QED) is 0.794. The molecular formula is C17H21ClFNO5. The summed E-state index contributed by atoms with van der Waals surface area (Å²) < 4.78 is 25.3. The number of carboxylic acids is 1. The third kappa shape index (κ3) is 4.15. The van der Waals surface area contributed by atoms with Crippen molar-refractivity contribution in [2.45, 2.75) is 32.4 Å². The number of hydrogen-bond acceptors (Lipinski definition) is 4. The molecule has 1 aliphatic rings. The van der Waals surface area contributed by atoms with Crippen molar-refractivity contribution < 1.29 is 28.6 Å². The van der Waals surface area contributed by atoms with E-state index in [1.54, 1.807) is 6.92 Å². The van der Waals surface area contributed by atoms with E-state index in [9.17, 15) is 14.0 Å². The topological polar surface area (TPSA) is 76.1 Å². The van der Waals surface area contributed by atoms with E-state index < -0.39 is 24.1 Å². The SMILES string of the molecule is CCCOc1c(Cl)cc(C(=O)N2CCC(F)(C(=O)O)C2)cc1OCC. The van der Waals surface area contributed by atoms with Crippen molar-refractivity contribution in [1.82, 2.24) is 4.90 Å². The number of hydrogen-bond donors (Lipinski definition) is 1. The smallest absolute Gasteiger partial charge is 0.343 e. The van der Waals surface area contributed by atoms with Crippen LogP contribution in [0.15, 0.2) is 12.1 Å². The molecule has 1 atom stereocenters. The number of ether oxygens (including phenoxy) is 2. The van der Waals surface area contributed by atoms with Gasteiger partial charge in [0.05, 0.1) is 24.8 Å². The standard InChI is InChI=1S/C17H21ClFNO5/c1-3-7-25-14-12(18)8-11(9-13(14)24-4-2)15(21)20-6-5-17(19,10-20)16(22)23/h8-9H,3-7,10H2,1-2H3,(H,22,23). The minimum atomic E-state index is -2.41. The highest BCUT2D eigenvalue weighted by Gasteiger charge is 2.47. The number of nitrogens with zero attached hydrogens (tertiary/aromatic N) is 1. The molecule has 1 N–H and O–H groups in total. The largest absolute Gasteiger partial charge is 0.490 e. The Labute approximate surface area is 150 Å². The Morgan fingerprint density at radius 1 is 1.36 bits per heavy atom. The van der Waals surface area contributed by atoms with Gasteiger partial charge in [0, 0.05) is 18.5 Å². The van der Waals surface area contributed by atoms with Crippen LogP contribution in [0.25, 0.3) is 0 Å². The molecule has 1 amide bonds. The highest BCUT2D eigenvalue weighted by Crippen LogP contribution is 2.38. The molecule has 138 valence electrons.